The second-order valence-corrected chi connectivity index (χ2v) is 4.62. The highest BCUT2D eigenvalue weighted by Crippen LogP contribution is 2.19. The highest BCUT2D eigenvalue weighted by atomic mass is 16.5. The summed E-state index contributed by atoms with van der Waals surface area (Å²) in [6.07, 6.45) is 4.48. The molecule has 1 rings (SSSR count). The Morgan fingerprint density at radius 2 is 1.85 bits per heavy atom. The lowest BCUT2D eigenvalue weighted by Gasteiger charge is -2.09. The van der Waals surface area contributed by atoms with Crippen molar-refractivity contribution in [3.05, 3.63) is 29.3 Å². The fourth-order valence-corrected chi connectivity index (χ4v) is 1.99. The van der Waals surface area contributed by atoms with Crippen molar-refractivity contribution in [2.24, 2.45) is 0 Å². The van der Waals surface area contributed by atoms with E-state index in [1.165, 1.54) is 11.1 Å². The Labute approximate surface area is 124 Å². The van der Waals surface area contributed by atoms with Gasteiger partial charge in [0.2, 0.25) is 0 Å². The molecule has 0 fully saturated rings. The largest absolute Gasteiger partial charge is 0.494 e. The molecule has 0 saturated carbocycles. The van der Waals surface area contributed by atoms with Gasteiger partial charge in [-0.05, 0) is 56.4 Å². The first-order chi connectivity index (χ1) is 9.67. The zero-order valence-corrected chi connectivity index (χ0v) is 13.8. The van der Waals surface area contributed by atoms with Gasteiger partial charge in [0.15, 0.2) is 0 Å². The van der Waals surface area contributed by atoms with Crippen LogP contribution in [-0.4, -0.2) is 12.4 Å². The summed E-state index contributed by atoms with van der Waals surface area (Å²) in [4.78, 5) is 11.2. The van der Waals surface area contributed by atoms with E-state index in [2.05, 4.69) is 19.1 Å². The van der Waals surface area contributed by atoms with Gasteiger partial charge in [-0.25, -0.2) is 0 Å². The maximum atomic E-state index is 11.2. The molecule has 0 amide bonds. The molecule has 0 atom stereocenters. The molecule has 2 heteroatoms. The van der Waals surface area contributed by atoms with Crippen LogP contribution in [0.25, 0.3) is 0 Å². The molecule has 0 saturated heterocycles. The molecule has 0 spiro atoms. The second kappa shape index (κ2) is 11.5. The lowest BCUT2D eigenvalue weighted by molar-refractivity contribution is -0.118. The highest BCUT2D eigenvalue weighted by Gasteiger charge is 2.03. The molecule has 0 bridgehead atoms. The first-order valence-electron chi connectivity index (χ1n) is 7.91. The zero-order chi connectivity index (χ0) is 15.4. The van der Waals surface area contributed by atoms with E-state index in [0.717, 1.165) is 31.4 Å². The van der Waals surface area contributed by atoms with Crippen LogP contribution in [0.15, 0.2) is 18.2 Å². The Kier molecular flexibility index (Phi) is 10.8. The Morgan fingerprint density at radius 3 is 2.45 bits per heavy atom. The Bertz CT molecular complexity index is 383. The minimum Gasteiger partial charge on any atom is -0.494 e. The maximum Gasteiger partial charge on any atom is 0.132 e. The van der Waals surface area contributed by atoms with E-state index in [-0.39, 0.29) is 0 Å². The van der Waals surface area contributed by atoms with E-state index in [4.69, 9.17) is 4.74 Å². The molecular weight excluding hydrogens is 248 g/mol. The highest BCUT2D eigenvalue weighted by molar-refractivity contribution is 5.77. The van der Waals surface area contributed by atoms with E-state index in [1.54, 1.807) is 0 Å². The molecule has 1 aromatic rings. The third kappa shape index (κ3) is 7.32. The summed E-state index contributed by atoms with van der Waals surface area (Å²) in [5.41, 5.74) is 2.64. The maximum absolute atomic E-state index is 11.2. The summed E-state index contributed by atoms with van der Waals surface area (Å²) in [6.45, 7) is 10.8. The number of unbranched alkanes of at least 4 members (excludes halogenated alkanes) is 1. The number of ketones is 1. The van der Waals surface area contributed by atoms with E-state index >= 15 is 0 Å². The van der Waals surface area contributed by atoms with Gasteiger partial charge in [0.25, 0.3) is 0 Å². The minimum atomic E-state index is 0.370. The lowest BCUT2D eigenvalue weighted by Crippen LogP contribution is -1.97. The van der Waals surface area contributed by atoms with Crippen LogP contribution in [0.5, 0.6) is 5.75 Å². The van der Waals surface area contributed by atoms with Gasteiger partial charge in [0, 0.05) is 12.8 Å². The molecule has 1 aromatic carbocycles. The van der Waals surface area contributed by atoms with Crippen molar-refractivity contribution in [3.8, 4) is 5.75 Å². The van der Waals surface area contributed by atoms with Gasteiger partial charge in [0.1, 0.15) is 11.5 Å². The number of ether oxygens (including phenoxy) is 1. The molecule has 0 aromatic heterocycles. The third-order valence-corrected chi connectivity index (χ3v) is 3.18. The van der Waals surface area contributed by atoms with Crippen LogP contribution in [0, 0.1) is 6.92 Å². The summed E-state index contributed by atoms with van der Waals surface area (Å²) in [6, 6.07) is 6.25. The van der Waals surface area contributed by atoms with Gasteiger partial charge >= 0.3 is 0 Å². The molecule has 0 aliphatic carbocycles. The van der Waals surface area contributed by atoms with E-state index in [1.807, 2.05) is 33.8 Å². The van der Waals surface area contributed by atoms with Crippen molar-refractivity contribution in [2.75, 3.05) is 6.61 Å². The summed E-state index contributed by atoms with van der Waals surface area (Å²) < 4.78 is 5.51. The van der Waals surface area contributed by atoms with E-state index in [9.17, 15) is 4.79 Å². The first kappa shape index (κ1) is 18.7. The van der Waals surface area contributed by atoms with Crippen LogP contribution >= 0.6 is 0 Å². The molecule has 114 valence electrons. The van der Waals surface area contributed by atoms with Crippen LogP contribution in [-0.2, 0) is 11.2 Å². The second-order valence-electron chi connectivity index (χ2n) is 4.62. The summed E-state index contributed by atoms with van der Waals surface area (Å²) >= 11 is 0. The van der Waals surface area contributed by atoms with Gasteiger partial charge in [-0.1, -0.05) is 26.8 Å². The average molecular weight is 278 g/mol. The number of benzene rings is 1. The summed E-state index contributed by atoms with van der Waals surface area (Å²) in [5, 5.41) is 0. The predicted octanol–water partition coefficient (Wildman–Crippen LogP) is 5.11. The number of hydrogen-bond donors (Lipinski definition) is 0. The van der Waals surface area contributed by atoms with Crippen molar-refractivity contribution in [3.63, 3.8) is 0 Å². The van der Waals surface area contributed by atoms with Crippen molar-refractivity contribution in [1.82, 2.24) is 0 Å². The van der Waals surface area contributed by atoms with Gasteiger partial charge in [-0.2, -0.15) is 0 Å². The van der Waals surface area contributed by atoms with Crippen LogP contribution in [0.2, 0.25) is 0 Å². The van der Waals surface area contributed by atoms with Crippen molar-refractivity contribution < 1.29 is 9.53 Å². The van der Waals surface area contributed by atoms with Crippen LogP contribution in [0.4, 0.5) is 0 Å². The Morgan fingerprint density at radius 1 is 1.15 bits per heavy atom. The smallest absolute Gasteiger partial charge is 0.132 e. The molecular formula is C18H30O2. The minimum absolute atomic E-state index is 0.370. The number of Topliss-reactive ketones (excluding diaryl/α,β-unsaturated/α-hetero) is 1. The van der Waals surface area contributed by atoms with Crippen molar-refractivity contribution in [2.45, 2.75) is 66.7 Å². The van der Waals surface area contributed by atoms with Crippen LogP contribution in [0.1, 0.15) is 64.5 Å². The van der Waals surface area contributed by atoms with Crippen molar-refractivity contribution in [1.29, 1.82) is 0 Å². The van der Waals surface area contributed by atoms with Gasteiger partial charge in [0.05, 0.1) is 6.61 Å². The first-order valence-corrected chi connectivity index (χ1v) is 7.91. The molecule has 0 radical (unpaired) electrons. The fourth-order valence-electron chi connectivity index (χ4n) is 1.99. The third-order valence-electron chi connectivity index (χ3n) is 3.18. The molecule has 0 aliphatic heterocycles. The molecule has 0 aliphatic rings. The summed E-state index contributed by atoms with van der Waals surface area (Å²) in [5.74, 6) is 1.32. The molecule has 2 nitrogen and oxygen atoms in total. The van der Waals surface area contributed by atoms with E-state index < -0.39 is 0 Å². The van der Waals surface area contributed by atoms with Gasteiger partial charge in [-0.15, -0.1) is 0 Å². The molecule has 20 heavy (non-hydrogen) atoms. The summed E-state index contributed by atoms with van der Waals surface area (Å²) in [7, 11) is 0. The topological polar surface area (TPSA) is 26.3 Å². The van der Waals surface area contributed by atoms with E-state index in [0.29, 0.717) is 18.8 Å². The quantitative estimate of drug-likeness (QED) is 0.617. The van der Waals surface area contributed by atoms with Gasteiger partial charge in [-0.3, -0.25) is 4.79 Å². The lowest BCUT2D eigenvalue weighted by atomic mass is 10.0. The van der Waals surface area contributed by atoms with Crippen molar-refractivity contribution >= 4 is 5.78 Å². The Hall–Kier alpha value is -1.31. The number of carbonyl (C=O) groups excluding carboxylic acids is 1. The van der Waals surface area contributed by atoms with Crippen LogP contribution < -0.4 is 4.74 Å². The molecule has 0 unspecified atom stereocenters. The SMILES string of the molecule is CC.CCOc1ccc(C)c(CCCCC(=O)CC)c1. The fraction of sp³-hybridized carbons (Fsp3) is 0.611. The predicted molar refractivity (Wildman–Crippen MR) is 86.5 cm³/mol. The number of aryl methyl sites for hydroxylation is 2. The standard InChI is InChI=1S/C16H24O2.C2H6/c1-4-15(17)9-7-6-8-14-12-16(18-5-2)11-10-13(14)3;1-2/h10-12H,4-9H2,1-3H3;1-2H3. The Balaban J connectivity index is 0.00000172. The number of hydrogen-bond acceptors (Lipinski definition) is 2. The molecule has 0 N–H and O–H groups in total. The van der Waals surface area contributed by atoms with Gasteiger partial charge < -0.3 is 4.74 Å². The van der Waals surface area contributed by atoms with Crippen LogP contribution in [0.3, 0.4) is 0 Å². The zero-order valence-electron chi connectivity index (χ0n) is 13.8. The average Bonchev–Trinajstić information content (AvgIpc) is 2.48. The molecule has 0 heterocycles. The number of carbonyl (C=O) groups is 1. The monoisotopic (exact) mass is 278 g/mol. The number of rotatable bonds is 8. The normalized spacial score (nSPS) is 9.65.